The minimum absolute atomic E-state index is 0.0682. The summed E-state index contributed by atoms with van der Waals surface area (Å²) >= 11 is 6.05. The average molecular weight is 645 g/mol. The van der Waals surface area contributed by atoms with Crippen molar-refractivity contribution in [2.45, 2.75) is 35.3 Å². The third-order valence-corrected chi connectivity index (χ3v) is 9.27. The van der Waals surface area contributed by atoms with Crippen molar-refractivity contribution >= 4 is 50.1 Å². The number of benzene rings is 4. The molecular weight excluding hydrogens is 618 g/mol. The fourth-order valence-electron chi connectivity index (χ4n) is 5.21. The molecule has 4 aromatic carbocycles. The maximum atomic E-state index is 15.6. The first-order valence-electron chi connectivity index (χ1n) is 13.4. The fraction of sp³-hybridized carbons (Fsp3) is 0.226. The molecule has 2 atom stereocenters. The van der Waals surface area contributed by atoms with Crippen LogP contribution < -0.4 is 9.62 Å². The molecule has 1 unspecified atom stereocenters. The Morgan fingerprint density at radius 1 is 1.00 bits per heavy atom. The van der Waals surface area contributed by atoms with Crippen molar-refractivity contribution < 1.29 is 41.7 Å². The Hall–Kier alpha value is -4.10. The van der Waals surface area contributed by atoms with Crippen LogP contribution in [0.3, 0.4) is 0 Å². The zero-order valence-corrected chi connectivity index (χ0v) is 24.6. The Bertz CT molecular complexity index is 1820. The highest BCUT2D eigenvalue weighted by molar-refractivity contribution is 7.89. The van der Waals surface area contributed by atoms with E-state index in [1.807, 2.05) is 0 Å². The first kappa shape index (κ1) is 31.3. The summed E-state index contributed by atoms with van der Waals surface area (Å²) in [6.07, 6.45) is -2.83. The lowest BCUT2D eigenvalue weighted by atomic mass is 9.86. The molecule has 1 heterocycles. The molecule has 0 fully saturated rings. The van der Waals surface area contributed by atoms with Crippen molar-refractivity contribution in [2.24, 2.45) is 0 Å². The number of hydrogen-bond donors (Lipinski definition) is 3. The summed E-state index contributed by atoms with van der Waals surface area (Å²) in [5.41, 5.74) is -3.46. The van der Waals surface area contributed by atoms with E-state index in [0.29, 0.717) is 21.2 Å². The number of amides is 1. The van der Waals surface area contributed by atoms with Gasteiger partial charge in [-0.15, -0.1) is 0 Å². The van der Waals surface area contributed by atoms with Crippen molar-refractivity contribution in [3.8, 4) is 0 Å². The summed E-state index contributed by atoms with van der Waals surface area (Å²) in [4.78, 5) is 25.9. The molecule has 230 valence electrons. The third kappa shape index (κ3) is 6.11. The number of aliphatic hydroxyl groups is 1. The number of carboxylic acid groups (broad SMARTS) is 1. The molecular formula is C31H27ClF2N2O7S. The van der Waals surface area contributed by atoms with Crippen LogP contribution in [-0.4, -0.2) is 55.8 Å². The van der Waals surface area contributed by atoms with Crippen molar-refractivity contribution in [3.05, 3.63) is 107 Å². The molecule has 0 aliphatic carbocycles. The molecule has 4 aromatic rings. The predicted octanol–water partition coefficient (Wildman–Crippen LogP) is 5.34. The van der Waals surface area contributed by atoms with Gasteiger partial charge in [0.1, 0.15) is 12.6 Å². The van der Waals surface area contributed by atoms with E-state index >= 15 is 8.78 Å². The molecule has 0 saturated heterocycles. The zero-order chi connectivity index (χ0) is 31.7. The summed E-state index contributed by atoms with van der Waals surface area (Å²) in [6.45, 7) is -1.98. The number of nitrogens with zero attached hydrogens (tertiary/aromatic N) is 1. The number of anilines is 1. The lowest BCUT2D eigenvalue weighted by Crippen LogP contribution is -2.51. The van der Waals surface area contributed by atoms with E-state index in [1.54, 1.807) is 66.7 Å². The van der Waals surface area contributed by atoms with Gasteiger partial charge in [-0.25, -0.2) is 22.0 Å². The second-order valence-corrected chi connectivity index (χ2v) is 12.5. The molecule has 13 heteroatoms. The minimum atomic E-state index is -4.36. The Kier molecular flexibility index (Phi) is 8.63. The van der Waals surface area contributed by atoms with Crippen LogP contribution in [0.2, 0.25) is 5.02 Å². The summed E-state index contributed by atoms with van der Waals surface area (Å²) < 4.78 is 66.0. The van der Waals surface area contributed by atoms with Gasteiger partial charge in [0.05, 0.1) is 10.6 Å². The van der Waals surface area contributed by atoms with Crippen molar-refractivity contribution in [1.82, 2.24) is 4.72 Å². The number of sulfonamides is 1. The smallest absolute Gasteiger partial charge is 0.411 e. The highest BCUT2D eigenvalue weighted by atomic mass is 35.5. The molecule has 3 N–H and O–H groups in total. The highest BCUT2D eigenvalue weighted by Gasteiger charge is 2.58. The Balaban J connectivity index is 1.49. The number of ether oxygens (including phenoxy) is 1. The molecule has 44 heavy (non-hydrogen) atoms. The second-order valence-electron chi connectivity index (χ2n) is 10.4. The number of carbonyl (C=O) groups excluding carboxylic acids is 1. The van der Waals surface area contributed by atoms with Gasteiger partial charge in [-0.3, -0.25) is 9.69 Å². The van der Waals surface area contributed by atoms with Gasteiger partial charge in [0, 0.05) is 28.9 Å². The molecule has 9 nitrogen and oxygen atoms in total. The van der Waals surface area contributed by atoms with Gasteiger partial charge in [-0.05, 0) is 41.6 Å². The van der Waals surface area contributed by atoms with Crippen molar-refractivity contribution in [1.29, 1.82) is 0 Å². The van der Waals surface area contributed by atoms with Gasteiger partial charge in [-0.2, -0.15) is 4.72 Å². The topological polar surface area (TPSA) is 133 Å². The average Bonchev–Trinajstić information content (AvgIpc) is 3.07. The number of hydrogen-bond acceptors (Lipinski definition) is 6. The molecule has 0 aromatic heterocycles. The molecule has 0 spiro atoms. The van der Waals surface area contributed by atoms with Crippen LogP contribution in [0.5, 0.6) is 0 Å². The Labute approximate surface area is 256 Å². The van der Waals surface area contributed by atoms with Gasteiger partial charge in [-0.1, -0.05) is 78.3 Å². The number of fused-ring (bicyclic) bond motifs is 2. The molecule has 0 radical (unpaired) electrons. The summed E-state index contributed by atoms with van der Waals surface area (Å²) in [5.74, 6) is -5.21. The fourth-order valence-corrected chi connectivity index (χ4v) is 6.80. The molecule has 1 aliphatic rings. The minimum Gasteiger partial charge on any atom is -0.465 e. The van der Waals surface area contributed by atoms with Crippen LogP contribution in [0.4, 0.5) is 19.3 Å². The lowest BCUT2D eigenvalue weighted by molar-refractivity contribution is -0.214. The van der Waals surface area contributed by atoms with Gasteiger partial charge >= 0.3 is 12.1 Å². The number of halogens is 3. The van der Waals surface area contributed by atoms with E-state index in [4.69, 9.17) is 16.3 Å². The summed E-state index contributed by atoms with van der Waals surface area (Å²) in [5, 5.41) is 22.1. The normalized spacial score (nSPS) is 18.7. The number of carbonyl (C=O) groups is 2. The Morgan fingerprint density at radius 2 is 1.68 bits per heavy atom. The Morgan fingerprint density at radius 3 is 2.41 bits per heavy atom. The largest absolute Gasteiger partial charge is 0.465 e. The van der Waals surface area contributed by atoms with E-state index < -0.39 is 64.8 Å². The van der Waals surface area contributed by atoms with Crippen molar-refractivity contribution in [2.75, 3.05) is 18.1 Å². The van der Waals surface area contributed by atoms with Crippen LogP contribution in [0.15, 0.2) is 95.9 Å². The van der Waals surface area contributed by atoms with Gasteiger partial charge < -0.3 is 14.9 Å². The quantitative estimate of drug-likeness (QED) is 0.221. The summed E-state index contributed by atoms with van der Waals surface area (Å²) in [6, 6.07) is 21.7. The van der Waals surface area contributed by atoms with Crippen LogP contribution in [0.1, 0.15) is 17.5 Å². The standard InChI is InChI=1S/C31H27ClF2N2O7S/c32-22-13-14-26-24(18-22)30(40,31(33,34)15-16-36(26)29(38)39)19-43-28(37)25(17-20-7-2-1-3-8-20)35-44(41,42)27-12-6-10-21-9-4-5-11-23(21)27/h1-14,18,25,35,40H,15-17,19H2,(H,38,39)/t25?,30-/m0/s1. The number of esters is 1. The van der Waals surface area contributed by atoms with Crippen LogP contribution in [-0.2, 0) is 31.6 Å². The maximum Gasteiger partial charge on any atom is 0.411 e. The molecule has 5 rings (SSSR count). The molecule has 1 aliphatic heterocycles. The van der Waals surface area contributed by atoms with E-state index in [2.05, 4.69) is 4.72 Å². The maximum absolute atomic E-state index is 15.6. The second kappa shape index (κ2) is 12.1. The van der Waals surface area contributed by atoms with Crippen LogP contribution in [0.25, 0.3) is 10.8 Å². The van der Waals surface area contributed by atoms with Gasteiger partial charge in [0.15, 0.2) is 5.60 Å². The molecule has 1 amide bonds. The van der Waals surface area contributed by atoms with E-state index in [9.17, 15) is 28.2 Å². The number of rotatable bonds is 8. The van der Waals surface area contributed by atoms with E-state index in [0.717, 1.165) is 6.07 Å². The van der Waals surface area contributed by atoms with E-state index in [-0.39, 0.29) is 22.0 Å². The van der Waals surface area contributed by atoms with Crippen LogP contribution >= 0.6 is 11.6 Å². The number of nitrogens with one attached hydrogen (secondary N) is 1. The molecule has 0 bridgehead atoms. The monoisotopic (exact) mass is 644 g/mol. The number of alkyl halides is 2. The van der Waals surface area contributed by atoms with E-state index in [1.165, 1.54) is 18.2 Å². The highest BCUT2D eigenvalue weighted by Crippen LogP contribution is 2.47. The summed E-state index contributed by atoms with van der Waals surface area (Å²) in [7, 11) is -4.36. The van der Waals surface area contributed by atoms with Crippen molar-refractivity contribution in [3.63, 3.8) is 0 Å². The molecule has 0 saturated carbocycles. The SMILES string of the molecule is O=C(OC[C@]1(O)c2cc(Cl)ccc2N(C(=O)O)CCC1(F)F)C(Cc1ccccc1)NS(=O)(=O)c1cccc2ccccc12. The zero-order valence-electron chi connectivity index (χ0n) is 23.0. The third-order valence-electron chi connectivity index (χ3n) is 7.51. The first-order valence-corrected chi connectivity index (χ1v) is 15.3. The lowest BCUT2D eigenvalue weighted by Gasteiger charge is -2.35. The van der Waals surface area contributed by atoms with Gasteiger partial charge in [0.25, 0.3) is 5.92 Å². The first-order chi connectivity index (χ1) is 20.8. The predicted molar refractivity (Wildman–Crippen MR) is 159 cm³/mol. The van der Waals surface area contributed by atoms with Crippen LogP contribution in [0, 0.1) is 0 Å². The van der Waals surface area contributed by atoms with Gasteiger partial charge in [0.2, 0.25) is 10.0 Å².